The van der Waals surface area contributed by atoms with E-state index in [1.165, 1.54) is 18.0 Å². The standard InChI is InChI=1S/C21H22ClN5O3S/c1-4-27-20(14-9-10-17(29-2)18(11-14)30-3)25-26-21(27)31-13-19(28)24-23-12-15-7-5-6-8-16(15)22/h5-12H,4,13H2,1-3H3,(H,24,28)/b23-12+. The number of ether oxygens (including phenoxy) is 2. The van der Waals surface area contributed by atoms with Crippen molar-refractivity contribution in [3.8, 4) is 22.9 Å². The minimum absolute atomic E-state index is 0.143. The number of hydrogen-bond acceptors (Lipinski definition) is 7. The fraction of sp³-hybridized carbons (Fsp3) is 0.238. The molecule has 0 bridgehead atoms. The second-order valence-electron chi connectivity index (χ2n) is 6.22. The number of halogens is 1. The topological polar surface area (TPSA) is 90.6 Å². The minimum atomic E-state index is -0.258. The van der Waals surface area contributed by atoms with Crippen molar-refractivity contribution >= 4 is 35.5 Å². The maximum absolute atomic E-state index is 12.2. The largest absolute Gasteiger partial charge is 0.493 e. The number of carbonyl (C=O) groups excluding carboxylic acids is 1. The van der Waals surface area contributed by atoms with Gasteiger partial charge in [-0.05, 0) is 31.2 Å². The van der Waals surface area contributed by atoms with E-state index in [9.17, 15) is 4.79 Å². The zero-order valence-electron chi connectivity index (χ0n) is 17.3. The van der Waals surface area contributed by atoms with Crippen molar-refractivity contribution < 1.29 is 14.3 Å². The monoisotopic (exact) mass is 459 g/mol. The lowest BCUT2D eigenvalue weighted by Gasteiger charge is -2.10. The van der Waals surface area contributed by atoms with Gasteiger partial charge in [-0.25, -0.2) is 5.43 Å². The molecule has 0 unspecified atom stereocenters. The first-order chi connectivity index (χ1) is 15.1. The number of thioether (sulfide) groups is 1. The fourth-order valence-electron chi connectivity index (χ4n) is 2.79. The van der Waals surface area contributed by atoms with Gasteiger partial charge in [0.05, 0.1) is 26.2 Å². The quantitative estimate of drug-likeness (QED) is 0.296. The highest BCUT2D eigenvalue weighted by Crippen LogP contribution is 2.32. The van der Waals surface area contributed by atoms with Crippen molar-refractivity contribution in [3.05, 3.63) is 53.1 Å². The average Bonchev–Trinajstić information content (AvgIpc) is 3.21. The molecule has 0 fully saturated rings. The van der Waals surface area contributed by atoms with Gasteiger partial charge >= 0.3 is 0 Å². The molecule has 1 heterocycles. The van der Waals surface area contributed by atoms with Gasteiger partial charge in [0.15, 0.2) is 22.5 Å². The zero-order chi connectivity index (χ0) is 22.2. The highest BCUT2D eigenvalue weighted by atomic mass is 35.5. The predicted molar refractivity (Wildman–Crippen MR) is 122 cm³/mol. The first kappa shape index (κ1) is 22.6. The molecule has 0 saturated heterocycles. The number of benzene rings is 2. The Morgan fingerprint density at radius 1 is 1.19 bits per heavy atom. The molecule has 3 aromatic rings. The van der Waals surface area contributed by atoms with Crippen LogP contribution in [0.15, 0.2) is 52.7 Å². The third-order valence-electron chi connectivity index (χ3n) is 4.31. The van der Waals surface area contributed by atoms with Gasteiger partial charge in [-0.15, -0.1) is 10.2 Å². The molecule has 0 aliphatic heterocycles. The lowest BCUT2D eigenvalue weighted by molar-refractivity contribution is -0.118. The Hall–Kier alpha value is -3.04. The highest BCUT2D eigenvalue weighted by Gasteiger charge is 2.16. The predicted octanol–water partition coefficient (Wildman–Crippen LogP) is 3.88. The van der Waals surface area contributed by atoms with E-state index in [1.54, 1.807) is 20.3 Å². The minimum Gasteiger partial charge on any atom is -0.493 e. The lowest BCUT2D eigenvalue weighted by Crippen LogP contribution is -2.20. The van der Waals surface area contributed by atoms with Gasteiger partial charge in [-0.3, -0.25) is 4.79 Å². The van der Waals surface area contributed by atoms with Gasteiger partial charge in [0, 0.05) is 22.7 Å². The number of hydrogen-bond donors (Lipinski definition) is 1. The highest BCUT2D eigenvalue weighted by molar-refractivity contribution is 7.99. The molecule has 1 amide bonds. The van der Waals surface area contributed by atoms with E-state index in [4.69, 9.17) is 21.1 Å². The summed E-state index contributed by atoms with van der Waals surface area (Å²) in [7, 11) is 3.17. The molecule has 31 heavy (non-hydrogen) atoms. The fourth-order valence-corrected chi connectivity index (χ4v) is 3.76. The van der Waals surface area contributed by atoms with Crippen molar-refractivity contribution in [2.24, 2.45) is 5.10 Å². The number of rotatable bonds is 9. The lowest BCUT2D eigenvalue weighted by atomic mass is 10.2. The van der Waals surface area contributed by atoms with Crippen molar-refractivity contribution in [2.75, 3.05) is 20.0 Å². The molecule has 10 heteroatoms. The number of amides is 1. The Balaban J connectivity index is 1.66. The summed E-state index contributed by atoms with van der Waals surface area (Å²) in [4.78, 5) is 12.2. The van der Waals surface area contributed by atoms with Crippen molar-refractivity contribution in [2.45, 2.75) is 18.6 Å². The van der Waals surface area contributed by atoms with E-state index < -0.39 is 0 Å². The van der Waals surface area contributed by atoms with Crippen LogP contribution in [0, 0.1) is 0 Å². The third kappa shape index (κ3) is 5.56. The van der Waals surface area contributed by atoms with E-state index in [-0.39, 0.29) is 11.7 Å². The van der Waals surface area contributed by atoms with Crippen molar-refractivity contribution in [1.82, 2.24) is 20.2 Å². The molecule has 0 saturated carbocycles. The van der Waals surface area contributed by atoms with Crippen LogP contribution in [0.1, 0.15) is 12.5 Å². The maximum Gasteiger partial charge on any atom is 0.250 e. The Labute approximate surface area is 189 Å². The molecule has 0 radical (unpaired) electrons. The number of hydrazone groups is 1. The van der Waals surface area contributed by atoms with E-state index >= 15 is 0 Å². The van der Waals surface area contributed by atoms with Gasteiger partial charge < -0.3 is 14.0 Å². The van der Waals surface area contributed by atoms with E-state index in [0.717, 1.165) is 11.1 Å². The summed E-state index contributed by atoms with van der Waals surface area (Å²) in [5.74, 6) is 1.81. The number of nitrogens with zero attached hydrogens (tertiary/aromatic N) is 4. The molecule has 1 N–H and O–H groups in total. The van der Waals surface area contributed by atoms with E-state index in [2.05, 4.69) is 20.7 Å². The molecule has 3 rings (SSSR count). The smallest absolute Gasteiger partial charge is 0.250 e. The Morgan fingerprint density at radius 3 is 2.68 bits per heavy atom. The van der Waals surface area contributed by atoms with E-state index in [1.807, 2.05) is 47.9 Å². The summed E-state index contributed by atoms with van der Waals surface area (Å²) in [6.45, 7) is 2.64. The summed E-state index contributed by atoms with van der Waals surface area (Å²) in [6, 6.07) is 12.8. The second kappa shape index (κ2) is 10.8. The average molecular weight is 460 g/mol. The number of aromatic nitrogens is 3. The molecular weight excluding hydrogens is 438 g/mol. The molecular formula is C21H22ClN5O3S. The van der Waals surface area contributed by atoms with Crippen LogP contribution in [-0.4, -0.2) is 46.9 Å². The van der Waals surface area contributed by atoms with Crippen LogP contribution in [0.4, 0.5) is 0 Å². The molecule has 0 aliphatic carbocycles. The van der Waals surface area contributed by atoms with Crippen LogP contribution in [0.3, 0.4) is 0 Å². The van der Waals surface area contributed by atoms with Crippen LogP contribution in [0.25, 0.3) is 11.4 Å². The zero-order valence-corrected chi connectivity index (χ0v) is 18.9. The number of nitrogens with one attached hydrogen (secondary N) is 1. The van der Waals surface area contributed by atoms with Crippen LogP contribution in [-0.2, 0) is 11.3 Å². The van der Waals surface area contributed by atoms with E-state index in [0.29, 0.717) is 34.0 Å². The first-order valence-corrected chi connectivity index (χ1v) is 10.8. The SMILES string of the molecule is CCn1c(SCC(=O)N/N=C/c2ccccc2Cl)nnc1-c1ccc(OC)c(OC)c1. The molecule has 0 atom stereocenters. The van der Waals surface area contributed by atoms with Gasteiger partial charge in [0.1, 0.15) is 0 Å². The van der Waals surface area contributed by atoms with Crippen LogP contribution < -0.4 is 14.9 Å². The molecule has 1 aromatic heterocycles. The number of methoxy groups -OCH3 is 2. The summed E-state index contributed by atoms with van der Waals surface area (Å²) in [5, 5.41) is 13.7. The first-order valence-electron chi connectivity index (χ1n) is 9.42. The van der Waals surface area contributed by atoms with Crippen LogP contribution in [0.5, 0.6) is 11.5 Å². The number of carbonyl (C=O) groups is 1. The Morgan fingerprint density at radius 2 is 1.97 bits per heavy atom. The third-order valence-corrected chi connectivity index (χ3v) is 5.62. The maximum atomic E-state index is 12.2. The van der Waals surface area contributed by atoms with Crippen molar-refractivity contribution in [3.63, 3.8) is 0 Å². The second-order valence-corrected chi connectivity index (χ2v) is 7.57. The summed E-state index contributed by atoms with van der Waals surface area (Å²) < 4.78 is 12.6. The summed E-state index contributed by atoms with van der Waals surface area (Å²) in [5.41, 5.74) is 4.06. The van der Waals surface area contributed by atoms with Gasteiger partial charge in [0.25, 0.3) is 5.91 Å². The van der Waals surface area contributed by atoms with Crippen molar-refractivity contribution in [1.29, 1.82) is 0 Å². The Bertz CT molecular complexity index is 1090. The van der Waals surface area contributed by atoms with Gasteiger partial charge in [0.2, 0.25) is 0 Å². The molecule has 0 spiro atoms. The Kier molecular flexibility index (Phi) is 7.91. The summed E-state index contributed by atoms with van der Waals surface area (Å²) >= 11 is 7.35. The molecule has 162 valence electrons. The molecule has 2 aromatic carbocycles. The van der Waals surface area contributed by atoms with Gasteiger partial charge in [-0.1, -0.05) is 41.6 Å². The van der Waals surface area contributed by atoms with Crippen LogP contribution in [0.2, 0.25) is 5.02 Å². The normalized spacial score (nSPS) is 11.0. The summed E-state index contributed by atoms with van der Waals surface area (Å²) in [6.07, 6.45) is 1.51. The molecule has 8 nitrogen and oxygen atoms in total. The molecule has 0 aliphatic rings. The van der Waals surface area contributed by atoms with Crippen LogP contribution >= 0.6 is 23.4 Å². The van der Waals surface area contributed by atoms with Gasteiger partial charge in [-0.2, -0.15) is 5.10 Å².